The second-order valence-corrected chi connectivity index (χ2v) is 5.87. The molecule has 2 atom stereocenters. The average molecular weight is 317 g/mol. The van der Waals surface area contributed by atoms with Crippen molar-refractivity contribution in [2.24, 2.45) is 5.92 Å². The molecule has 3 rings (SSSR count). The number of rotatable bonds is 4. The lowest BCUT2D eigenvalue weighted by Crippen LogP contribution is -2.13. The predicted molar refractivity (Wildman–Crippen MR) is 88.6 cm³/mol. The summed E-state index contributed by atoms with van der Waals surface area (Å²) in [5.41, 5.74) is 0.984. The Kier molecular flexibility index (Phi) is 4.18. The van der Waals surface area contributed by atoms with Crippen LogP contribution in [0.15, 0.2) is 46.4 Å². The molecule has 0 unspecified atom stereocenters. The van der Waals surface area contributed by atoms with Gasteiger partial charge in [-0.3, -0.25) is 4.79 Å². The summed E-state index contributed by atoms with van der Waals surface area (Å²) in [6, 6.07) is 14.0. The van der Waals surface area contributed by atoms with E-state index in [2.05, 4.69) is 12.2 Å². The first kappa shape index (κ1) is 15.6. The molecule has 0 aliphatic heterocycles. The normalized spacial score (nSPS) is 19.2. The second kappa shape index (κ2) is 6.44. The summed E-state index contributed by atoms with van der Waals surface area (Å²) in [6.45, 7) is 2.16. The van der Waals surface area contributed by atoms with Crippen LogP contribution in [0, 0.1) is 28.6 Å². The van der Waals surface area contributed by atoms with Crippen molar-refractivity contribution >= 4 is 17.7 Å². The first-order valence-corrected chi connectivity index (χ1v) is 7.63. The summed E-state index contributed by atoms with van der Waals surface area (Å²) in [6.07, 6.45) is 2.55. The zero-order chi connectivity index (χ0) is 17.1. The summed E-state index contributed by atoms with van der Waals surface area (Å²) in [4.78, 5) is 12.2. The van der Waals surface area contributed by atoms with E-state index in [0.29, 0.717) is 28.8 Å². The van der Waals surface area contributed by atoms with E-state index >= 15 is 0 Å². The molecule has 1 heterocycles. The van der Waals surface area contributed by atoms with Gasteiger partial charge < -0.3 is 9.73 Å². The number of furan rings is 1. The lowest BCUT2D eigenvalue weighted by molar-refractivity contribution is -0.112. The third-order valence-corrected chi connectivity index (χ3v) is 4.05. The Morgan fingerprint density at radius 2 is 1.96 bits per heavy atom. The summed E-state index contributed by atoms with van der Waals surface area (Å²) in [7, 11) is 0. The van der Waals surface area contributed by atoms with Crippen molar-refractivity contribution in [1.29, 1.82) is 10.5 Å². The van der Waals surface area contributed by atoms with E-state index in [4.69, 9.17) is 9.68 Å². The standard InChI is InChI=1S/C19H15N3O2/c1-12-8-17(12)18-7-6-16(24-18)9-14(11-21)19(23)22-15-4-2-13(10-20)3-5-15/h2-7,9,12,17H,8H2,1H3,(H,22,23)/b14-9+/t12-,17+/m0/s1. The molecule has 1 aromatic heterocycles. The zero-order valence-corrected chi connectivity index (χ0v) is 13.1. The number of amides is 1. The van der Waals surface area contributed by atoms with Crippen molar-refractivity contribution in [1.82, 2.24) is 0 Å². The SMILES string of the molecule is C[C@H]1C[C@H]1c1ccc(/C=C(\C#N)C(=O)Nc2ccc(C#N)cc2)o1. The van der Waals surface area contributed by atoms with Crippen molar-refractivity contribution in [2.45, 2.75) is 19.3 Å². The maximum atomic E-state index is 12.2. The molecular weight excluding hydrogens is 302 g/mol. The molecule has 1 aliphatic carbocycles. The van der Waals surface area contributed by atoms with Crippen LogP contribution in [-0.4, -0.2) is 5.91 Å². The van der Waals surface area contributed by atoms with Gasteiger partial charge in [-0.1, -0.05) is 6.92 Å². The molecule has 1 fully saturated rings. The van der Waals surface area contributed by atoms with E-state index in [1.165, 1.54) is 6.08 Å². The summed E-state index contributed by atoms with van der Waals surface area (Å²) >= 11 is 0. The van der Waals surface area contributed by atoms with E-state index < -0.39 is 5.91 Å². The van der Waals surface area contributed by atoms with Gasteiger partial charge in [-0.15, -0.1) is 0 Å². The molecule has 1 amide bonds. The predicted octanol–water partition coefficient (Wildman–Crippen LogP) is 3.82. The summed E-state index contributed by atoms with van der Waals surface area (Å²) in [5, 5.41) is 20.6. The third kappa shape index (κ3) is 3.37. The van der Waals surface area contributed by atoms with Crippen LogP contribution in [0.1, 0.15) is 36.3 Å². The molecule has 1 saturated carbocycles. The Labute approximate surface area is 139 Å². The second-order valence-electron chi connectivity index (χ2n) is 5.87. The van der Waals surface area contributed by atoms with Gasteiger partial charge in [-0.2, -0.15) is 10.5 Å². The van der Waals surface area contributed by atoms with E-state index in [-0.39, 0.29) is 5.57 Å². The van der Waals surface area contributed by atoms with Crippen LogP contribution in [0.2, 0.25) is 0 Å². The van der Waals surface area contributed by atoms with Crippen LogP contribution in [0.25, 0.3) is 6.08 Å². The topological polar surface area (TPSA) is 89.8 Å². The minimum absolute atomic E-state index is 0.0379. The Morgan fingerprint density at radius 1 is 1.25 bits per heavy atom. The first-order valence-electron chi connectivity index (χ1n) is 7.63. The van der Waals surface area contributed by atoms with Crippen LogP contribution in [0.3, 0.4) is 0 Å². The average Bonchev–Trinajstić information content (AvgIpc) is 3.14. The molecule has 118 valence electrons. The molecule has 5 heteroatoms. The number of carbonyl (C=O) groups is 1. The minimum Gasteiger partial charge on any atom is -0.461 e. The maximum absolute atomic E-state index is 12.2. The number of nitrogens with one attached hydrogen (secondary N) is 1. The maximum Gasteiger partial charge on any atom is 0.266 e. The van der Waals surface area contributed by atoms with Crippen LogP contribution in [0.4, 0.5) is 5.69 Å². The van der Waals surface area contributed by atoms with Crippen molar-refractivity contribution in [3.8, 4) is 12.1 Å². The number of nitriles is 2. The fourth-order valence-electron chi connectivity index (χ4n) is 2.48. The molecule has 0 saturated heterocycles. The highest BCUT2D eigenvalue weighted by molar-refractivity contribution is 6.09. The van der Waals surface area contributed by atoms with Gasteiger partial charge in [0.05, 0.1) is 11.6 Å². The van der Waals surface area contributed by atoms with Crippen LogP contribution >= 0.6 is 0 Å². The highest BCUT2D eigenvalue weighted by Crippen LogP contribution is 2.47. The van der Waals surface area contributed by atoms with Gasteiger partial charge in [0.2, 0.25) is 0 Å². The van der Waals surface area contributed by atoms with Crippen molar-refractivity contribution in [3.05, 3.63) is 59.1 Å². The van der Waals surface area contributed by atoms with E-state index in [9.17, 15) is 10.1 Å². The van der Waals surface area contributed by atoms with Gasteiger partial charge in [0, 0.05) is 17.7 Å². The van der Waals surface area contributed by atoms with E-state index in [0.717, 1.165) is 12.2 Å². The number of hydrogen-bond acceptors (Lipinski definition) is 4. The zero-order valence-electron chi connectivity index (χ0n) is 13.1. The first-order chi connectivity index (χ1) is 11.6. The molecule has 0 spiro atoms. The fraction of sp³-hybridized carbons (Fsp3) is 0.211. The molecule has 1 N–H and O–H groups in total. The van der Waals surface area contributed by atoms with Gasteiger partial charge >= 0.3 is 0 Å². The largest absolute Gasteiger partial charge is 0.461 e. The Bertz CT molecular complexity index is 879. The quantitative estimate of drug-likeness (QED) is 0.685. The molecule has 1 aromatic carbocycles. The monoisotopic (exact) mass is 317 g/mol. The van der Waals surface area contributed by atoms with Crippen LogP contribution in [0.5, 0.6) is 0 Å². The van der Waals surface area contributed by atoms with Crippen molar-refractivity contribution in [2.75, 3.05) is 5.32 Å². The third-order valence-electron chi connectivity index (χ3n) is 4.05. The van der Waals surface area contributed by atoms with Crippen LogP contribution < -0.4 is 5.32 Å². The molecule has 24 heavy (non-hydrogen) atoms. The molecule has 0 radical (unpaired) electrons. The number of nitrogens with zero attached hydrogens (tertiary/aromatic N) is 2. The summed E-state index contributed by atoms with van der Waals surface area (Å²) in [5.74, 6) is 1.96. The highest BCUT2D eigenvalue weighted by Gasteiger charge is 2.36. The minimum atomic E-state index is -0.514. The lowest BCUT2D eigenvalue weighted by atomic mass is 10.2. The Hall–Kier alpha value is -3.31. The number of hydrogen-bond donors (Lipinski definition) is 1. The number of anilines is 1. The van der Waals surface area contributed by atoms with Gasteiger partial charge in [-0.25, -0.2) is 0 Å². The van der Waals surface area contributed by atoms with Crippen LogP contribution in [-0.2, 0) is 4.79 Å². The van der Waals surface area contributed by atoms with Gasteiger partial charge in [0.1, 0.15) is 23.2 Å². The van der Waals surface area contributed by atoms with Crippen molar-refractivity contribution < 1.29 is 9.21 Å². The Balaban J connectivity index is 1.72. The number of benzene rings is 1. The molecule has 1 aliphatic rings. The molecule has 2 aromatic rings. The smallest absolute Gasteiger partial charge is 0.266 e. The van der Waals surface area contributed by atoms with Crippen molar-refractivity contribution in [3.63, 3.8) is 0 Å². The van der Waals surface area contributed by atoms with Gasteiger partial charge in [0.15, 0.2) is 0 Å². The lowest BCUT2D eigenvalue weighted by Gasteiger charge is -2.03. The van der Waals surface area contributed by atoms with E-state index in [1.54, 1.807) is 30.3 Å². The fourth-order valence-corrected chi connectivity index (χ4v) is 2.48. The molecular formula is C19H15N3O2. The highest BCUT2D eigenvalue weighted by atomic mass is 16.3. The molecule has 0 bridgehead atoms. The number of carbonyl (C=O) groups excluding carboxylic acids is 1. The Morgan fingerprint density at radius 3 is 2.54 bits per heavy atom. The van der Waals surface area contributed by atoms with E-state index in [1.807, 2.05) is 18.2 Å². The van der Waals surface area contributed by atoms with Gasteiger partial charge in [0.25, 0.3) is 5.91 Å². The summed E-state index contributed by atoms with van der Waals surface area (Å²) < 4.78 is 5.70. The molecule has 5 nitrogen and oxygen atoms in total. The van der Waals surface area contributed by atoms with Gasteiger partial charge in [-0.05, 0) is 48.7 Å².